The van der Waals surface area contributed by atoms with Gasteiger partial charge in [-0.3, -0.25) is 10.1 Å². The molecule has 0 amide bonds. The Kier molecular flexibility index (Phi) is 4.95. The minimum absolute atomic E-state index is 0.111. The summed E-state index contributed by atoms with van der Waals surface area (Å²) in [5, 5.41) is 11.0. The number of nitro groups is 1. The maximum absolute atomic E-state index is 11.9. The van der Waals surface area contributed by atoms with E-state index < -0.39 is 10.9 Å². The number of rotatable bonds is 5. The van der Waals surface area contributed by atoms with Crippen LogP contribution in [0, 0.1) is 10.1 Å². The number of hydrogen-bond donors (Lipinski definition) is 0. The van der Waals surface area contributed by atoms with Crippen molar-refractivity contribution < 1.29 is 19.2 Å². The summed E-state index contributed by atoms with van der Waals surface area (Å²) in [7, 11) is 1.53. The fourth-order valence-corrected chi connectivity index (χ4v) is 1.91. The topological polar surface area (TPSA) is 78.7 Å². The Morgan fingerprint density at radius 2 is 1.91 bits per heavy atom. The van der Waals surface area contributed by atoms with Crippen LogP contribution >= 0.6 is 11.6 Å². The maximum atomic E-state index is 11.9. The number of hydrogen-bond acceptors (Lipinski definition) is 5. The average Bonchev–Trinajstić information content (AvgIpc) is 2.53. The largest absolute Gasteiger partial charge is 0.497 e. The van der Waals surface area contributed by atoms with Crippen molar-refractivity contribution in [2.24, 2.45) is 0 Å². The summed E-state index contributed by atoms with van der Waals surface area (Å²) in [6, 6.07) is 10.4. The highest BCUT2D eigenvalue weighted by Crippen LogP contribution is 2.23. The van der Waals surface area contributed by atoms with Gasteiger partial charge in [0.2, 0.25) is 0 Å². The Balaban J connectivity index is 2.07. The van der Waals surface area contributed by atoms with E-state index in [-0.39, 0.29) is 12.3 Å². The van der Waals surface area contributed by atoms with Gasteiger partial charge in [0.15, 0.2) is 0 Å². The molecule has 114 valence electrons. The molecule has 0 atom stereocenters. The van der Waals surface area contributed by atoms with Crippen molar-refractivity contribution in [1.82, 2.24) is 0 Å². The molecule has 0 fully saturated rings. The zero-order chi connectivity index (χ0) is 16.1. The number of carbonyl (C=O) groups excluding carboxylic acids is 1. The van der Waals surface area contributed by atoms with Crippen LogP contribution in [-0.2, 0) is 11.3 Å². The summed E-state index contributed by atoms with van der Waals surface area (Å²) in [4.78, 5) is 22.1. The molecule has 0 heterocycles. The summed E-state index contributed by atoms with van der Waals surface area (Å²) in [5.41, 5.74) is 0.611. The number of benzene rings is 2. The van der Waals surface area contributed by atoms with Gasteiger partial charge in [-0.25, -0.2) is 4.79 Å². The molecule has 0 aliphatic carbocycles. The summed E-state index contributed by atoms with van der Waals surface area (Å²) < 4.78 is 10.1. The van der Waals surface area contributed by atoms with E-state index in [2.05, 4.69) is 0 Å². The minimum Gasteiger partial charge on any atom is -0.497 e. The lowest BCUT2D eigenvalue weighted by atomic mass is 10.2. The molecular weight excluding hydrogens is 310 g/mol. The molecule has 0 bridgehead atoms. The second-order valence-electron chi connectivity index (χ2n) is 4.34. The highest BCUT2D eigenvalue weighted by molar-refractivity contribution is 6.31. The zero-order valence-electron chi connectivity index (χ0n) is 11.6. The van der Waals surface area contributed by atoms with Crippen LogP contribution in [0.3, 0.4) is 0 Å². The SMILES string of the molecule is COc1ccc(C(=O)OCc2cc([N+](=O)[O-])ccc2Cl)cc1. The van der Waals surface area contributed by atoms with Crippen LogP contribution in [0.25, 0.3) is 0 Å². The number of ether oxygens (including phenoxy) is 2. The Morgan fingerprint density at radius 3 is 2.50 bits per heavy atom. The minimum atomic E-state index is -0.551. The first-order valence-electron chi connectivity index (χ1n) is 6.25. The quantitative estimate of drug-likeness (QED) is 0.477. The third-order valence-corrected chi connectivity index (χ3v) is 3.29. The molecule has 0 aliphatic rings. The second kappa shape index (κ2) is 6.91. The molecule has 0 spiro atoms. The van der Waals surface area contributed by atoms with Gasteiger partial charge in [-0.05, 0) is 30.3 Å². The van der Waals surface area contributed by atoms with Crippen molar-refractivity contribution in [2.75, 3.05) is 7.11 Å². The first-order chi connectivity index (χ1) is 10.5. The van der Waals surface area contributed by atoms with Crippen molar-refractivity contribution >= 4 is 23.3 Å². The summed E-state index contributed by atoms with van der Waals surface area (Å²) in [6.07, 6.45) is 0. The Bertz CT molecular complexity index is 700. The van der Waals surface area contributed by atoms with Gasteiger partial charge in [-0.2, -0.15) is 0 Å². The molecule has 7 heteroatoms. The van der Waals surface area contributed by atoms with Crippen molar-refractivity contribution in [3.8, 4) is 5.75 Å². The molecule has 6 nitrogen and oxygen atoms in total. The summed E-state index contributed by atoms with van der Waals surface area (Å²) >= 11 is 5.94. The fraction of sp³-hybridized carbons (Fsp3) is 0.133. The normalized spacial score (nSPS) is 10.1. The van der Waals surface area contributed by atoms with Crippen molar-refractivity contribution in [3.63, 3.8) is 0 Å². The number of nitro benzene ring substituents is 1. The number of non-ortho nitro benzene ring substituents is 1. The second-order valence-corrected chi connectivity index (χ2v) is 4.74. The highest BCUT2D eigenvalue weighted by atomic mass is 35.5. The van der Waals surface area contributed by atoms with Gasteiger partial charge in [0.1, 0.15) is 12.4 Å². The molecule has 0 aromatic heterocycles. The molecule has 22 heavy (non-hydrogen) atoms. The predicted octanol–water partition coefficient (Wildman–Crippen LogP) is 3.61. The lowest BCUT2D eigenvalue weighted by Gasteiger charge is -2.07. The van der Waals surface area contributed by atoms with Crippen LogP contribution in [0.5, 0.6) is 5.75 Å². The third-order valence-electron chi connectivity index (χ3n) is 2.92. The van der Waals surface area contributed by atoms with E-state index in [1.807, 2.05) is 0 Å². The molecule has 0 N–H and O–H groups in total. The highest BCUT2D eigenvalue weighted by Gasteiger charge is 2.13. The van der Waals surface area contributed by atoms with E-state index >= 15 is 0 Å². The standard InChI is InChI=1S/C15H12ClNO5/c1-21-13-5-2-10(3-6-13)15(18)22-9-11-8-12(17(19)20)4-7-14(11)16/h2-8H,9H2,1H3. The maximum Gasteiger partial charge on any atom is 0.338 e. The van der Waals surface area contributed by atoms with Gasteiger partial charge in [-0.1, -0.05) is 11.6 Å². The number of esters is 1. The van der Waals surface area contributed by atoms with Crippen molar-refractivity contribution in [3.05, 3.63) is 68.7 Å². The van der Waals surface area contributed by atoms with E-state index in [9.17, 15) is 14.9 Å². The van der Waals surface area contributed by atoms with Crippen LogP contribution in [-0.4, -0.2) is 18.0 Å². The van der Waals surface area contributed by atoms with Crippen LogP contribution in [0.2, 0.25) is 5.02 Å². The molecule has 0 saturated carbocycles. The lowest BCUT2D eigenvalue weighted by Crippen LogP contribution is -2.05. The molecule has 2 rings (SSSR count). The van der Waals surface area contributed by atoms with Gasteiger partial charge >= 0.3 is 5.97 Å². The number of methoxy groups -OCH3 is 1. The Labute approximate surface area is 131 Å². The fourth-order valence-electron chi connectivity index (χ4n) is 1.74. The molecule has 0 unspecified atom stereocenters. The summed E-state index contributed by atoms with van der Waals surface area (Å²) in [5.74, 6) is 0.0727. The van der Waals surface area contributed by atoms with Gasteiger partial charge in [0.25, 0.3) is 5.69 Å². The number of carbonyl (C=O) groups is 1. The van der Waals surface area contributed by atoms with Crippen LogP contribution in [0.4, 0.5) is 5.69 Å². The van der Waals surface area contributed by atoms with E-state index in [1.165, 1.54) is 25.3 Å². The van der Waals surface area contributed by atoms with Crippen LogP contribution < -0.4 is 4.74 Å². The molecule has 0 saturated heterocycles. The Morgan fingerprint density at radius 1 is 1.23 bits per heavy atom. The van der Waals surface area contributed by atoms with E-state index in [4.69, 9.17) is 21.1 Å². The average molecular weight is 322 g/mol. The van der Waals surface area contributed by atoms with E-state index in [0.717, 1.165) is 0 Å². The van der Waals surface area contributed by atoms with Crippen LogP contribution in [0.15, 0.2) is 42.5 Å². The lowest BCUT2D eigenvalue weighted by molar-refractivity contribution is -0.384. The molecule has 2 aromatic rings. The van der Waals surface area contributed by atoms with Crippen molar-refractivity contribution in [2.45, 2.75) is 6.61 Å². The van der Waals surface area contributed by atoms with Gasteiger partial charge in [-0.15, -0.1) is 0 Å². The predicted molar refractivity (Wildman–Crippen MR) is 80.2 cm³/mol. The number of nitrogens with zero attached hydrogens (tertiary/aromatic N) is 1. The molecule has 0 aliphatic heterocycles. The molecule has 0 radical (unpaired) electrons. The Hall–Kier alpha value is -2.60. The van der Waals surface area contributed by atoms with Crippen LogP contribution in [0.1, 0.15) is 15.9 Å². The smallest absolute Gasteiger partial charge is 0.338 e. The van der Waals surface area contributed by atoms with E-state index in [1.54, 1.807) is 24.3 Å². The zero-order valence-corrected chi connectivity index (χ0v) is 12.4. The van der Waals surface area contributed by atoms with Crippen molar-refractivity contribution in [1.29, 1.82) is 0 Å². The first kappa shape index (κ1) is 15.8. The molecular formula is C15H12ClNO5. The van der Waals surface area contributed by atoms with Gasteiger partial charge in [0, 0.05) is 22.7 Å². The monoisotopic (exact) mass is 321 g/mol. The van der Waals surface area contributed by atoms with Gasteiger partial charge < -0.3 is 9.47 Å². The van der Waals surface area contributed by atoms with Gasteiger partial charge in [0.05, 0.1) is 17.6 Å². The van der Waals surface area contributed by atoms with E-state index in [0.29, 0.717) is 21.9 Å². The third kappa shape index (κ3) is 3.73. The summed E-state index contributed by atoms with van der Waals surface area (Å²) in [6.45, 7) is -0.147. The first-order valence-corrected chi connectivity index (χ1v) is 6.63. The number of halogens is 1. The molecule has 2 aromatic carbocycles.